The van der Waals surface area contributed by atoms with E-state index in [4.69, 9.17) is 5.73 Å². The van der Waals surface area contributed by atoms with Crippen LogP contribution in [0.5, 0.6) is 0 Å². The summed E-state index contributed by atoms with van der Waals surface area (Å²) in [6.45, 7) is 2.14. The van der Waals surface area contributed by atoms with Crippen molar-refractivity contribution in [1.29, 1.82) is 0 Å². The third-order valence-corrected chi connectivity index (χ3v) is 2.75. The molecule has 0 saturated heterocycles. The lowest BCUT2D eigenvalue weighted by atomic mass is 9.89. The molecule has 80 valence electrons. The number of aryl methyl sites for hydroxylation is 1. The molecule has 1 aromatic carbocycles. The summed E-state index contributed by atoms with van der Waals surface area (Å²) in [6.07, 6.45) is 0.340. The molecule has 1 aromatic rings. The van der Waals surface area contributed by atoms with Gasteiger partial charge in [0.2, 0.25) is 5.91 Å². The molecule has 0 radical (unpaired) electrons. The molecule has 1 aliphatic heterocycles. The fourth-order valence-corrected chi connectivity index (χ4v) is 2.00. The maximum atomic E-state index is 13.2. The predicted molar refractivity (Wildman–Crippen MR) is 56.2 cm³/mol. The highest BCUT2D eigenvalue weighted by atomic mass is 19.1. The second-order valence-electron chi connectivity index (χ2n) is 3.87. The standard InChI is InChI=1S/C11H13FN2O/c1-6-2-8(12)4-9-7(5-13)3-10(15)14-11(6)9/h2,4,7H,3,5,13H2,1H3,(H,14,15). The Labute approximate surface area is 87.5 Å². The molecule has 0 saturated carbocycles. The number of carbonyl (C=O) groups excluding carboxylic acids is 1. The molecule has 2 rings (SSSR count). The summed E-state index contributed by atoms with van der Waals surface area (Å²) in [5.74, 6) is -0.392. The lowest BCUT2D eigenvalue weighted by Crippen LogP contribution is -2.27. The lowest BCUT2D eigenvalue weighted by Gasteiger charge is -2.25. The summed E-state index contributed by atoms with van der Waals surface area (Å²) in [7, 11) is 0. The minimum Gasteiger partial charge on any atom is -0.330 e. The molecule has 0 aromatic heterocycles. The Kier molecular flexibility index (Phi) is 2.44. The van der Waals surface area contributed by atoms with Crippen molar-refractivity contribution in [2.24, 2.45) is 5.73 Å². The monoisotopic (exact) mass is 208 g/mol. The Morgan fingerprint density at radius 2 is 2.33 bits per heavy atom. The number of nitrogens with one attached hydrogen (secondary N) is 1. The van der Waals surface area contributed by atoms with E-state index in [1.807, 2.05) is 0 Å². The van der Waals surface area contributed by atoms with Crippen LogP contribution in [0.15, 0.2) is 12.1 Å². The minimum atomic E-state index is -0.277. The summed E-state index contributed by atoms with van der Waals surface area (Å²) in [5.41, 5.74) is 7.86. The smallest absolute Gasteiger partial charge is 0.225 e. The van der Waals surface area contributed by atoms with Crippen molar-refractivity contribution < 1.29 is 9.18 Å². The van der Waals surface area contributed by atoms with E-state index in [1.54, 1.807) is 6.92 Å². The van der Waals surface area contributed by atoms with Gasteiger partial charge in [0, 0.05) is 18.0 Å². The number of anilines is 1. The van der Waals surface area contributed by atoms with Gasteiger partial charge in [0.15, 0.2) is 0 Å². The first-order valence-electron chi connectivity index (χ1n) is 4.91. The van der Waals surface area contributed by atoms with Crippen LogP contribution in [0.1, 0.15) is 23.5 Å². The Hall–Kier alpha value is -1.42. The number of halogens is 1. The molecule has 0 bridgehead atoms. The fraction of sp³-hybridized carbons (Fsp3) is 0.364. The Morgan fingerprint density at radius 3 is 3.00 bits per heavy atom. The highest BCUT2D eigenvalue weighted by molar-refractivity contribution is 5.95. The van der Waals surface area contributed by atoms with Gasteiger partial charge in [0.25, 0.3) is 0 Å². The van der Waals surface area contributed by atoms with Crippen molar-refractivity contribution in [3.05, 3.63) is 29.1 Å². The number of amides is 1. The van der Waals surface area contributed by atoms with Crippen molar-refractivity contribution in [1.82, 2.24) is 0 Å². The molecule has 3 N–H and O–H groups in total. The summed E-state index contributed by atoms with van der Waals surface area (Å²) in [4.78, 5) is 11.4. The van der Waals surface area contributed by atoms with Crippen LogP contribution in [0.4, 0.5) is 10.1 Å². The Balaban J connectivity index is 2.55. The molecule has 1 heterocycles. The maximum Gasteiger partial charge on any atom is 0.225 e. The average molecular weight is 208 g/mol. The number of carbonyl (C=O) groups is 1. The van der Waals surface area contributed by atoms with Crippen LogP contribution in [0.2, 0.25) is 0 Å². The van der Waals surface area contributed by atoms with Crippen molar-refractivity contribution in [3.63, 3.8) is 0 Å². The zero-order chi connectivity index (χ0) is 11.0. The van der Waals surface area contributed by atoms with Crippen molar-refractivity contribution in [2.45, 2.75) is 19.3 Å². The predicted octanol–water partition coefficient (Wildman–Crippen LogP) is 1.52. The van der Waals surface area contributed by atoms with E-state index in [1.165, 1.54) is 12.1 Å². The van der Waals surface area contributed by atoms with E-state index in [9.17, 15) is 9.18 Å². The van der Waals surface area contributed by atoms with Gasteiger partial charge < -0.3 is 11.1 Å². The summed E-state index contributed by atoms with van der Waals surface area (Å²) >= 11 is 0. The lowest BCUT2D eigenvalue weighted by molar-refractivity contribution is -0.116. The molecule has 0 aliphatic carbocycles. The molecular weight excluding hydrogens is 195 g/mol. The SMILES string of the molecule is Cc1cc(F)cc2c1NC(=O)CC2CN. The topological polar surface area (TPSA) is 55.1 Å². The average Bonchev–Trinajstić information content (AvgIpc) is 2.18. The number of rotatable bonds is 1. The Bertz CT molecular complexity index is 417. The molecule has 0 spiro atoms. The first-order chi connectivity index (χ1) is 7.11. The minimum absolute atomic E-state index is 0.0485. The second-order valence-corrected chi connectivity index (χ2v) is 3.87. The maximum absolute atomic E-state index is 13.2. The molecule has 1 unspecified atom stereocenters. The first-order valence-corrected chi connectivity index (χ1v) is 4.91. The van der Waals surface area contributed by atoms with Gasteiger partial charge in [-0.15, -0.1) is 0 Å². The van der Waals surface area contributed by atoms with Crippen LogP contribution in [0.25, 0.3) is 0 Å². The Morgan fingerprint density at radius 1 is 1.60 bits per heavy atom. The van der Waals surface area contributed by atoms with Crippen LogP contribution in [0, 0.1) is 12.7 Å². The van der Waals surface area contributed by atoms with Gasteiger partial charge in [0.05, 0.1) is 0 Å². The number of hydrogen-bond acceptors (Lipinski definition) is 2. The molecule has 1 amide bonds. The van der Waals surface area contributed by atoms with Gasteiger partial charge in [-0.05, 0) is 36.7 Å². The highest BCUT2D eigenvalue weighted by Gasteiger charge is 2.25. The second kappa shape index (κ2) is 3.62. The third-order valence-electron chi connectivity index (χ3n) is 2.75. The van der Waals surface area contributed by atoms with Gasteiger partial charge in [-0.1, -0.05) is 0 Å². The zero-order valence-electron chi connectivity index (χ0n) is 8.51. The van der Waals surface area contributed by atoms with Crippen molar-refractivity contribution >= 4 is 11.6 Å². The molecule has 4 heteroatoms. The molecule has 0 fully saturated rings. The summed E-state index contributed by atoms with van der Waals surface area (Å²) in [6, 6.07) is 2.87. The quantitative estimate of drug-likeness (QED) is 0.735. The van der Waals surface area contributed by atoms with Crippen molar-refractivity contribution in [3.8, 4) is 0 Å². The van der Waals surface area contributed by atoms with Crippen LogP contribution in [-0.2, 0) is 4.79 Å². The van der Waals surface area contributed by atoms with Gasteiger partial charge in [-0.2, -0.15) is 0 Å². The normalized spacial score (nSPS) is 19.7. The third kappa shape index (κ3) is 1.72. The summed E-state index contributed by atoms with van der Waals surface area (Å²) < 4.78 is 13.2. The first kappa shape index (κ1) is 10.1. The van der Waals surface area contributed by atoms with Gasteiger partial charge >= 0.3 is 0 Å². The van der Waals surface area contributed by atoms with E-state index in [0.29, 0.717) is 13.0 Å². The van der Waals surface area contributed by atoms with E-state index in [0.717, 1.165) is 16.8 Å². The molecule has 3 nitrogen and oxygen atoms in total. The molecule has 1 aliphatic rings. The van der Waals surface area contributed by atoms with Crippen molar-refractivity contribution in [2.75, 3.05) is 11.9 Å². The van der Waals surface area contributed by atoms with E-state index in [2.05, 4.69) is 5.32 Å². The zero-order valence-corrected chi connectivity index (χ0v) is 8.51. The summed E-state index contributed by atoms with van der Waals surface area (Å²) in [5, 5.41) is 2.76. The number of fused-ring (bicyclic) bond motifs is 1. The van der Waals surface area contributed by atoms with Gasteiger partial charge in [-0.25, -0.2) is 4.39 Å². The van der Waals surface area contributed by atoms with E-state index >= 15 is 0 Å². The van der Waals surface area contributed by atoms with Gasteiger partial charge in [0.1, 0.15) is 5.82 Å². The fourth-order valence-electron chi connectivity index (χ4n) is 2.00. The molecule has 1 atom stereocenters. The number of hydrogen-bond donors (Lipinski definition) is 2. The van der Waals surface area contributed by atoms with Crippen LogP contribution in [-0.4, -0.2) is 12.5 Å². The highest BCUT2D eigenvalue weighted by Crippen LogP contribution is 2.34. The molecule has 15 heavy (non-hydrogen) atoms. The number of nitrogens with two attached hydrogens (primary N) is 1. The molecular formula is C11H13FN2O. The van der Waals surface area contributed by atoms with Gasteiger partial charge in [-0.3, -0.25) is 4.79 Å². The number of benzene rings is 1. The van der Waals surface area contributed by atoms with E-state index in [-0.39, 0.29) is 17.6 Å². The van der Waals surface area contributed by atoms with E-state index < -0.39 is 0 Å². The van der Waals surface area contributed by atoms with Crippen LogP contribution in [0.3, 0.4) is 0 Å². The van der Waals surface area contributed by atoms with Crippen LogP contribution >= 0.6 is 0 Å². The van der Waals surface area contributed by atoms with Crippen LogP contribution < -0.4 is 11.1 Å². The largest absolute Gasteiger partial charge is 0.330 e.